The van der Waals surface area contributed by atoms with Crippen molar-refractivity contribution in [3.8, 4) is 0 Å². The molecule has 4 N–H and O–H groups in total. The van der Waals surface area contributed by atoms with Crippen LogP contribution in [0.2, 0.25) is 0 Å². The predicted octanol–water partition coefficient (Wildman–Crippen LogP) is 5.87. The fourth-order valence-corrected chi connectivity index (χ4v) is 4.11. The lowest BCUT2D eigenvalue weighted by molar-refractivity contribution is 0.442. The first-order valence-electron chi connectivity index (χ1n) is 10.6. The summed E-state index contributed by atoms with van der Waals surface area (Å²) in [5.41, 5.74) is 8.87. The summed E-state index contributed by atoms with van der Waals surface area (Å²) >= 11 is 0. The Balaban J connectivity index is 1.59. The minimum absolute atomic E-state index is 0.129. The summed E-state index contributed by atoms with van der Waals surface area (Å²) in [6, 6.07) is 23.3. The molecule has 1 unspecified atom stereocenters. The summed E-state index contributed by atoms with van der Waals surface area (Å²) in [7, 11) is 0. The van der Waals surface area contributed by atoms with Crippen LogP contribution in [-0.4, -0.2) is 12.0 Å². The van der Waals surface area contributed by atoms with Crippen LogP contribution >= 0.6 is 0 Å². The number of hydrogen-bond donors (Lipinski definition) is 3. The molecule has 0 heterocycles. The number of hydrogen-bond acceptors (Lipinski definition) is 2. The molecule has 150 valence electrons. The van der Waals surface area contributed by atoms with Gasteiger partial charge in [-0.3, -0.25) is 0 Å². The molecule has 0 aromatic heterocycles. The first kappa shape index (κ1) is 19.3. The SMILES string of the molecule is CC(NC(=NC1CCCCC1)Nc1ccc(N)cc1)c1cccc2ccccc12. The smallest absolute Gasteiger partial charge is 0.196 e. The molecule has 1 aliphatic carbocycles. The van der Waals surface area contributed by atoms with Crippen molar-refractivity contribution in [3.05, 3.63) is 72.3 Å². The molecule has 0 aliphatic heterocycles. The number of guanidine groups is 1. The summed E-state index contributed by atoms with van der Waals surface area (Å²) in [6.07, 6.45) is 6.19. The molecule has 0 spiro atoms. The van der Waals surface area contributed by atoms with E-state index >= 15 is 0 Å². The lowest BCUT2D eigenvalue weighted by Gasteiger charge is -2.24. The second-order valence-corrected chi connectivity index (χ2v) is 7.95. The van der Waals surface area contributed by atoms with Gasteiger partial charge in [0, 0.05) is 11.4 Å². The average Bonchev–Trinajstić information content (AvgIpc) is 2.75. The number of benzene rings is 3. The molecule has 4 nitrogen and oxygen atoms in total. The first-order valence-corrected chi connectivity index (χ1v) is 10.6. The van der Waals surface area contributed by atoms with E-state index < -0.39 is 0 Å². The second kappa shape index (κ2) is 8.99. The van der Waals surface area contributed by atoms with Crippen LogP contribution in [0.3, 0.4) is 0 Å². The Morgan fingerprint density at radius 3 is 2.45 bits per heavy atom. The van der Waals surface area contributed by atoms with E-state index in [1.54, 1.807) is 0 Å². The summed E-state index contributed by atoms with van der Waals surface area (Å²) < 4.78 is 0. The summed E-state index contributed by atoms with van der Waals surface area (Å²) in [5, 5.41) is 9.67. The molecule has 1 saturated carbocycles. The second-order valence-electron chi connectivity index (χ2n) is 7.95. The Morgan fingerprint density at radius 2 is 1.66 bits per heavy atom. The summed E-state index contributed by atoms with van der Waals surface area (Å²) in [5.74, 6) is 0.835. The maximum Gasteiger partial charge on any atom is 0.196 e. The van der Waals surface area contributed by atoms with Crippen molar-refractivity contribution in [1.29, 1.82) is 0 Å². The lowest BCUT2D eigenvalue weighted by Crippen LogP contribution is -2.34. The van der Waals surface area contributed by atoms with Gasteiger partial charge in [0.05, 0.1) is 12.1 Å². The van der Waals surface area contributed by atoms with Crippen LogP contribution in [0.4, 0.5) is 11.4 Å². The topological polar surface area (TPSA) is 62.4 Å². The molecule has 4 rings (SSSR count). The van der Waals surface area contributed by atoms with E-state index in [4.69, 9.17) is 10.7 Å². The number of nitrogens with two attached hydrogens (primary N) is 1. The van der Waals surface area contributed by atoms with Crippen molar-refractivity contribution in [2.45, 2.75) is 51.1 Å². The Morgan fingerprint density at radius 1 is 0.931 bits per heavy atom. The highest BCUT2D eigenvalue weighted by Crippen LogP contribution is 2.25. The summed E-state index contributed by atoms with van der Waals surface area (Å²) in [6.45, 7) is 2.20. The van der Waals surface area contributed by atoms with E-state index in [9.17, 15) is 0 Å². The zero-order valence-electron chi connectivity index (χ0n) is 17.1. The van der Waals surface area contributed by atoms with Gasteiger partial charge in [0.1, 0.15) is 0 Å². The van der Waals surface area contributed by atoms with Gasteiger partial charge in [-0.2, -0.15) is 0 Å². The zero-order chi connectivity index (χ0) is 20.1. The molecular weight excluding hydrogens is 356 g/mol. The lowest BCUT2D eigenvalue weighted by atomic mass is 9.96. The van der Waals surface area contributed by atoms with E-state index in [1.807, 2.05) is 24.3 Å². The average molecular weight is 387 g/mol. The van der Waals surface area contributed by atoms with Crippen molar-refractivity contribution >= 4 is 28.1 Å². The third-order valence-electron chi connectivity index (χ3n) is 5.70. The van der Waals surface area contributed by atoms with Gasteiger partial charge in [-0.1, -0.05) is 61.7 Å². The van der Waals surface area contributed by atoms with Crippen molar-refractivity contribution in [3.63, 3.8) is 0 Å². The molecule has 1 atom stereocenters. The molecule has 1 aliphatic rings. The van der Waals surface area contributed by atoms with E-state index in [2.05, 4.69) is 60.0 Å². The molecule has 4 heteroatoms. The largest absolute Gasteiger partial charge is 0.399 e. The molecule has 0 amide bonds. The molecule has 3 aromatic carbocycles. The van der Waals surface area contributed by atoms with Gasteiger partial charge in [0.25, 0.3) is 0 Å². The minimum Gasteiger partial charge on any atom is -0.399 e. The monoisotopic (exact) mass is 386 g/mol. The van der Waals surface area contributed by atoms with Gasteiger partial charge in [-0.25, -0.2) is 4.99 Å². The van der Waals surface area contributed by atoms with Crippen LogP contribution in [0, 0.1) is 0 Å². The van der Waals surface area contributed by atoms with E-state index in [0.717, 1.165) is 30.2 Å². The molecular formula is C25H30N4. The molecule has 0 bridgehead atoms. The fraction of sp³-hybridized carbons (Fsp3) is 0.320. The van der Waals surface area contributed by atoms with Crippen LogP contribution < -0.4 is 16.4 Å². The van der Waals surface area contributed by atoms with Crippen LogP contribution in [-0.2, 0) is 0 Å². The number of fused-ring (bicyclic) bond motifs is 1. The molecule has 0 radical (unpaired) electrons. The number of anilines is 2. The third kappa shape index (κ3) is 4.89. The highest BCUT2D eigenvalue weighted by Gasteiger charge is 2.16. The highest BCUT2D eigenvalue weighted by atomic mass is 15.2. The normalized spacial score (nSPS) is 16.5. The van der Waals surface area contributed by atoms with Gasteiger partial charge < -0.3 is 16.4 Å². The van der Waals surface area contributed by atoms with Gasteiger partial charge >= 0.3 is 0 Å². The van der Waals surface area contributed by atoms with Gasteiger partial charge in [-0.15, -0.1) is 0 Å². The van der Waals surface area contributed by atoms with Crippen molar-refractivity contribution in [2.24, 2.45) is 4.99 Å². The zero-order valence-corrected chi connectivity index (χ0v) is 17.1. The number of aliphatic imine (C=N–C) groups is 1. The minimum atomic E-state index is 0.129. The number of nitrogen functional groups attached to an aromatic ring is 1. The quantitative estimate of drug-likeness (QED) is 0.298. The maximum absolute atomic E-state index is 5.84. The first-order chi connectivity index (χ1) is 14.2. The van der Waals surface area contributed by atoms with Crippen LogP contribution in [0.5, 0.6) is 0 Å². The van der Waals surface area contributed by atoms with E-state index in [0.29, 0.717) is 6.04 Å². The molecule has 29 heavy (non-hydrogen) atoms. The third-order valence-corrected chi connectivity index (χ3v) is 5.70. The fourth-order valence-electron chi connectivity index (χ4n) is 4.11. The predicted molar refractivity (Wildman–Crippen MR) is 124 cm³/mol. The Kier molecular flexibility index (Phi) is 5.99. The van der Waals surface area contributed by atoms with Crippen LogP contribution in [0.1, 0.15) is 50.6 Å². The van der Waals surface area contributed by atoms with E-state index in [-0.39, 0.29) is 6.04 Å². The van der Waals surface area contributed by atoms with Crippen LogP contribution in [0.15, 0.2) is 71.7 Å². The highest BCUT2D eigenvalue weighted by molar-refractivity contribution is 5.95. The van der Waals surface area contributed by atoms with Gasteiger partial charge in [0.15, 0.2) is 5.96 Å². The van der Waals surface area contributed by atoms with Gasteiger partial charge in [-0.05, 0) is 60.4 Å². The Labute approximate surface area is 173 Å². The standard InChI is InChI=1S/C25H30N4/c1-18(23-13-7-9-19-8-5-6-12-24(19)23)27-25(28-21-10-3-2-4-11-21)29-22-16-14-20(26)15-17-22/h5-9,12-18,21H,2-4,10-11,26H2,1H3,(H2,27,28,29). The molecule has 1 fully saturated rings. The maximum atomic E-state index is 5.84. The van der Waals surface area contributed by atoms with Gasteiger partial charge in [0.2, 0.25) is 0 Å². The van der Waals surface area contributed by atoms with Crippen LogP contribution in [0.25, 0.3) is 10.8 Å². The van der Waals surface area contributed by atoms with Crippen molar-refractivity contribution < 1.29 is 0 Å². The number of nitrogens with zero attached hydrogens (tertiary/aromatic N) is 1. The number of rotatable bonds is 4. The van der Waals surface area contributed by atoms with Crippen molar-refractivity contribution in [2.75, 3.05) is 11.1 Å². The van der Waals surface area contributed by atoms with E-state index in [1.165, 1.54) is 35.6 Å². The number of nitrogens with one attached hydrogen (secondary N) is 2. The Bertz CT molecular complexity index is 966. The Hall–Kier alpha value is -3.01. The molecule has 3 aromatic rings. The van der Waals surface area contributed by atoms with Crippen molar-refractivity contribution in [1.82, 2.24) is 5.32 Å². The molecule has 0 saturated heterocycles. The summed E-state index contributed by atoms with van der Waals surface area (Å²) in [4.78, 5) is 5.06.